The maximum atomic E-state index is 12.0. The molecule has 2 N–H and O–H groups in total. The number of hydrogen-bond acceptors (Lipinski definition) is 3. The second-order valence-corrected chi connectivity index (χ2v) is 5.63. The van der Waals surface area contributed by atoms with Crippen LogP contribution >= 0.6 is 0 Å². The predicted octanol–water partition coefficient (Wildman–Crippen LogP) is 2.26. The standard InChI is InChI=1S/C16H24N2O2/c1-4-12-8-16(19)18(9-12)10-14(17)13-7-11(2)5-6-15(13)20-3/h5-7,12,14H,4,8-10,17H2,1-3H3. The molecule has 110 valence electrons. The number of hydrogen-bond donors (Lipinski definition) is 1. The first-order valence-corrected chi connectivity index (χ1v) is 7.23. The number of benzene rings is 1. The minimum atomic E-state index is -0.204. The highest BCUT2D eigenvalue weighted by Crippen LogP contribution is 2.28. The smallest absolute Gasteiger partial charge is 0.222 e. The highest BCUT2D eigenvalue weighted by Gasteiger charge is 2.29. The van der Waals surface area contributed by atoms with Gasteiger partial charge in [-0.2, -0.15) is 0 Å². The van der Waals surface area contributed by atoms with Crippen molar-refractivity contribution in [2.75, 3.05) is 20.2 Å². The summed E-state index contributed by atoms with van der Waals surface area (Å²) in [4.78, 5) is 13.9. The summed E-state index contributed by atoms with van der Waals surface area (Å²) < 4.78 is 5.37. The highest BCUT2D eigenvalue weighted by molar-refractivity contribution is 5.78. The Morgan fingerprint density at radius 2 is 2.25 bits per heavy atom. The number of amides is 1. The summed E-state index contributed by atoms with van der Waals surface area (Å²) >= 11 is 0. The van der Waals surface area contributed by atoms with Gasteiger partial charge in [0.1, 0.15) is 5.75 Å². The molecule has 2 unspecified atom stereocenters. The first-order valence-electron chi connectivity index (χ1n) is 7.23. The van der Waals surface area contributed by atoms with E-state index in [2.05, 4.69) is 6.92 Å². The lowest BCUT2D eigenvalue weighted by atomic mass is 10.0. The molecule has 0 saturated carbocycles. The van der Waals surface area contributed by atoms with Crippen molar-refractivity contribution in [3.63, 3.8) is 0 Å². The Morgan fingerprint density at radius 1 is 1.50 bits per heavy atom. The van der Waals surface area contributed by atoms with Crippen LogP contribution in [-0.2, 0) is 4.79 Å². The molecule has 0 spiro atoms. The van der Waals surface area contributed by atoms with E-state index in [1.54, 1.807) is 7.11 Å². The van der Waals surface area contributed by atoms with Crippen molar-refractivity contribution in [3.05, 3.63) is 29.3 Å². The van der Waals surface area contributed by atoms with Gasteiger partial charge in [-0.25, -0.2) is 0 Å². The van der Waals surface area contributed by atoms with Crippen LogP contribution in [0.15, 0.2) is 18.2 Å². The number of rotatable bonds is 5. The summed E-state index contributed by atoms with van der Waals surface area (Å²) in [5, 5.41) is 0. The molecule has 0 bridgehead atoms. The minimum Gasteiger partial charge on any atom is -0.496 e. The molecule has 20 heavy (non-hydrogen) atoms. The van der Waals surface area contributed by atoms with Gasteiger partial charge < -0.3 is 15.4 Å². The second kappa shape index (κ2) is 6.27. The van der Waals surface area contributed by atoms with Crippen molar-refractivity contribution in [2.24, 2.45) is 11.7 Å². The third-order valence-corrected chi connectivity index (χ3v) is 4.07. The molecule has 1 amide bonds. The number of aryl methyl sites for hydroxylation is 1. The average Bonchev–Trinajstić information content (AvgIpc) is 2.79. The molecule has 1 aliphatic rings. The lowest BCUT2D eigenvalue weighted by Gasteiger charge is -2.23. The second-order valence-electron chi connectivity index (χ2n) is 5.63. The SMILES string of the molecule is CCC1CC(=O)N(CC(N)c2cc(C)ccc2OC)C1. The van der Waals surface area contributed by atoms with Gasteiger partial charge in [-0.05, 0) is 18.9 Å². The van der Waals surface area contributed by atoms with Crippen LogP contribution < -0.4 is 10.5 Å². The highest BCUT2D eigenvalue weighted by atomic mass is 16.5. The average molecular weight is 276 g/mol. The van der Waals surface area contributed by atoms with E-state index in [0.717, 1.165) is 29.8 Å². The Morgan fingerprint density at radius 3 is 2.85 bits per heavy atom. The fourth-order valence-corrected chi connectivity index (χ4v) is 2.78. The Balaban J connectivity index is 2.10. The van der Waals surface area contributed by atoms with Gasteiger partial charge in [-0.1, -0.05) is 31.0 Å². The molecule has 2 rings (SSSR count). The molecule has 2 atom stereocenters. The van der Waals surface area contributed by atoms with Gasteiger partial charge in [0.15, 0.2) is 0 Å². The van der Waals surface area contributed by atoms with E-state index >= 15 is 0 Å². The number of nitrogens with two attached hydrogens (primary N) is 1. The van der Waals surface area contributed by atoms with Gasteiger partial charge in [-0.3, -0.25) is 4.79 Å². The third-order valence-electron chi connectivity index (χ3n) is 4.07. The van der Waals surface area contributed by atoms with E-state index in [1.807, 2.05) is 30.0 Å². The van der Waals surface area contributed by atoms with Crippen molar-refractivity contribution >= 4 is 5.91 Å². The first kappa shape index (κ1) is 14.9. The molecular weight excluding hydrogens is 252 g/mol. The number of likely N-dealkylation sites (tertiary alicyclic amines) is 1. The van der Waals surface area contributed by atoms with Crippen LogP contribution in [0.2, 0.25) is 0 Å². The van der Waals surface area contributed by atoms with Gasteiger partial charge in [0.25, 0.3) is 0 Å². The zero-order valence-corrected chi connectivity index (χ0v) is 12.6. The largest absolute Gasteiger partial charge is 0.496 e. The number of methoxy groups -OCH3 is 1. The number of carbonyl (C=O) groups excluding carboxylic acids is 1. The quantitative estimate of drug-likeness (QED) is 0.897. The van der Waals surface area contributed by atoms with Crippen molar-refractivity contribution in [1.82, 2.24) is 4.90 Å². The molecule has 0 aromatic heterocycles. The monoisotopic (exact) mass is 276 g/mol. The summed E-state index contributed by atoms with van der Waals surface area (Å²) in [5.41, 5.74) is 8.42. The molecule has 1 aromatic rings. The van der Waals surface area contributed by atoms with Gasteiger partial charge in [0.05, 0.1) is 13.2 Å². The molecule has 4 nitrogen and oxygen atoms in total. The van der Waals surface area contributed by atoms with Gasteiger partial charge in [-0.15, -0.1) is 0 Å². The third kappa shape index (κ3) is 3.12. The Hall–Kier alpha value is -1.55. The molecule has 1 fully saturated rings. The molecule has 1 aromatic carbocycles. The zero-order valence-electron chi connectivity index (χ0n) is 12.6. The Labute approximate surface area is 120 Å². The first-order chi connectivity index (χ1) is 9.55. The van der Waals surface area contributed by atoms with E-state index < -0.39 is 0 Å². The van der Waals surface area contributed by atoms with Crippen LogP contribution in [-0.4, -0.2) is 31.0 Å². The molecule has 1 aliphatic heterocycles. The number of carbonyl (C=O) groups is 1. The fourth-order valence-electron chi connectivity index (χ4n) is 2.78. The van der Waals surface area contributed by atoms with Crippen LogP contribution in [0.1, 0.15) is 36.9 Å². The van der Waals surface area contributed by atoms with Gasteiger partial charge >= 0.3 is 0 Å². The van der Waals surface area contributed by atoms with E-state index in [9.17, 15) is 4.79 Å². The van der Waals surface area contributed by atoms with Crippen molar-refractivity contribution in [2.45, 2.75) is 32.7 Å². The molecular formula is C16H24N2O2. The van der Waals surface area contributed by atoms with Crippen molar-refractivity contribution in [3.8, 4) is 5.75 Å². The maximum Gasteiger partial charge on any atom is 0.222 e. The normalized spacial score (nSPS) is 20.3. The zero-order chi connectivity index (χ0) is 14.7. The Kier molecular flexibility index (Phi) is 4.65. The molecule has 1 heterocycles. The van der Waals surface area contributed by atoms with E-state index in [0.29, 0.717) is 18.9 Å². The predicted molar refractivity (Wildman–Crippen MR) is 79.6 cm³/mol. The maximum absolute atomic E-state index is 12.0. The summed E-state index contributed by atoms with van der Waals surface area (Å²) in [7, 11) is 1.65. The fraction of sp³-hybridized carbons (Fsp3) is 0.562. The van der Waals surface area contributed by atoms with Crippen LogP contribution in [0.5, 0.6) is 5.75 Å². The van der Waals surface area contributed by atoms with Crippen LogP contribution in [0.4, 0.5) is 0 Å². The topological polar surface area (TPSA) is 55.6 Å². The summed E-state index contributed by atoms with van der Waals surface area (Å²) in [5.74, 6) is 1.50. The molecule has 1 saturated heterocycles. The molecule has 4 heteroatoms. The molecule has 0 radical (unpaired) electrons. The van der Waals surface area contributed by atoms with Crippen LogP contribution in [0.25, 0.3) is 0 Å². The van der Waals surface area contributed by atoms with Crippen molar-refractivity contribution < 1.29 is 9.53 Å². The number of ether oxygens (including phenoxy) is 1. The molecule has 0 aliphatic carbocycles. The Bertz CT molecular complexity index is 487. The summed E-state index contributed by atoms with van der Waals surface area (Å²) in [6, 6.07) is 5.78. The van der Waals surface area contributed by atoms with Gasteiger partial charge in [0.2, 0.25) is 5.91 Å². The van der Waals surface area contributed by atoms with Crippen LogP contribution in [0, 0.1) is 12.8 Å². The lowest BCUT2D eigenvalue weighted by molar-refractivity contribution is -0.127. The van der Waals surface area contributed by atoms with Crippen molar-refractivity contribution in [1.29, 1.82) is 0 Å². The van der Waals surface area contributed by atoms with E-state index in [-0.39, 0.29) is 11.9 Å². The van der Waals surface area contributed by atoms with E-state index in [4.69, 9.17) is 10.5 Å². The summed E-state index contributed by atoms with van der Waals surface area (Å²) in [6.45, 7) is 5.56. The summed E-state index contributed by atoms with van der Waals surface area (Å²) in [6.07, 6.45) is 1.71. The van der Waals surface area contributed by atoms with Crippen LogP contribution in [0.3, 0.4) is 0 Å². The lowest BCUT2D eigenvalue weighted by Crippen LogP contribution is -2.33. The van der Waals surface area contributed by atoms with E-state index in [1.165, 1.54) is 0 Å². The van der Waals surface area contributed by atoms with Gasteiger partial charge in [0, 0.05) is 25.1 Å². The number of nitrogens with zero attached hydrogens (tertiary/aromatic N) is 1. The minimum absolute atomic E-state index is 0.204.